The second-order valence-corrected chi connectivity index (χ2v) is 2.38. The van der Waals surface area contributed by atoms with E-state index in [-0.39, 0.29) is 5.91 Å². The van der Waals surface area contributed by atoms with Gasteiger partial charge in [0.05, 0.1) is 0 Å². The fraction of sp³-hybridized carbons (Fsp3) is 0.667. The lowest BCUT2D eigenvalue weighted by Gasteiger charge is -2.01. The maximum Gasteiger partial charge on any atom is 0.295 e. The first-order valence-corrected chi connectivity index (χ1v) is 4.22. The average molecular weight is 168 g/mol. The van der Waals surface area contributed by atoms with Crippen LogP contribution in [0, 0.1) is 11.8 Å². The molecule has 0 rings (SSSR count). The Morgan fingerprint density at radius 1 is 1.33 bits per heavy atom. The van der Waals surface area contributed by atoms with Gasteiger partial charge in [-0.2, -0.15) is 0 Å². The van der Waals surface area contributed by atoms with Crippen LogP contribution in [-0.4, -0.2) is 25.5 Å². The Labute approximate surface area is 73.9 Å². The highest BCUT2D eigenvalue weighted by molar-refractivity contribution is 5.93. The standard InChI is InChI=1S/C9H16N2O/c1-3-5-9(12)11-8-7-10-6-4-2/h10H,4,6-8H2,1-2H3,(H,11,12). The van der Waals surface area contributed by atoms with E-state index >= 15 is 0 Å². The van der Waals surface area contributed by atoms with Gasteiger partial charge in [-0.3, -0.25) is 4.79 Å². The first-order valence-electron chi connectivity index (χ1n) is 4.22. The topological polar surface area (TPSA) is 41.1 Å². The Bertz CT molecular complexity index is 179. The summed E-state index contributed by atoms with van der Waals surface area (Å²) in [6.45, 7) is 6.21. The summed E-state index contributed by atoms with van der Waals surface area (Å²) in [6, 6.07) is 0. The molecule has 0 fully saturated rings. The van der Waals surface area contributed by atoms with Crippen LogP contribution < -0.4 is 10.6 Å². The Morgan fingerprint density at radius 3 is 2.67 bits per heavy atom. The lowest BCUT2D eigenvalue weighted by Crippen LogP contribution is -2.31. The summed E-state index contributed by atoms with van der Waals surface area (Å²) in [5, 5.41) is 5.84. The van der Waals surface area contributed by atoms with Gasteiger partial charge in [0.2, 0.25) is 0 Å². The van der Waals surface area contributed by atoms with E-state index in [1.54, 1.807) is 6.92 Å². The fourth-order valence-electron chi connectivity index (χ4n) is 0.724. The van der Waals surface area contributed by atoms with Crippen LogP contribution in [0.2, 0.25) is 0 Å². The van der Waals surface area contributed by atoms with Gasteiger partial charge >= 0.3 is 0 Å². The molecule has 0 bridgehead atoms. The van der Waals surface area contributed by atoms with Gasteiger partial charge in [-0.1, -0.05) is 12.8 Å². The van der Waals surface area contributed by atoms with E-state index in [1.165, 1.54) is 0 Å². The van der Waals surface area contributed by atoms with E-state index < -0.39 is 0 Å². The van der Waals surface area contributed by atoms with Crippen LogP contribution >= 0.6 is 0 Å². The number of carbonyl (C=O) groups is 1. The number of hydrogen-bond acceptors (Lipinski definition) is 2. The van der Waals surface area contributed by atoms with Crippen molar-refractivity contribution in [3.05, 3.63) is 0 Å². The minimum Gasteiger partial charge on any atom is -0.344 e. The van der Waals surface area contributed by atoms with E-state index in [4.69, 9.17) is 0 Å². The zero-order valence-corrected chi connectivity index (χ0v) is 7.74. The molecule has 0 aromatic carbocycles. The van der Waals surface area contributed by atoms with Gasteiger partial charge in [-0.15, -0.1) is 0 Å². The van der Waals surface area contributed by atoms with E-state index in [0.717, 1.165) is 19.5 Å². The minimum absolute atomic E-state index is 0.198. The molecule has 0 saturated carbocycles. The van der Waals surface area contributed by atoms with Crippen LogP contribution in [0.5, 0.6) is 0 Å². The van der Waals surface area contributed by atoms with Crippen molar-refractivity contribution in [2.45, 2.75) is 20.3 Å². The molecular formula is C9H16N2O. The van der Waals surface area contributed by atoms with Crippen molar-refractivity contribution in [3.63, 3.8) is 0 Å². The Balaban J connectivity index is 3.18. The predicted octanol–water partition coefficient (Wildman–Crippen LogP) is 0.125. The van der Waals surface area contributed by atoms with Crippen LogP contribution in [0.15, 0.2) is 0 Å². The van der Waals surface area contributed by atoms with Crippen LogP contribution in [0.1, 0.15) is 20.3 Å². The molecule has 3 nitrogen and oxygen atoms in total. The number of amides is 1. The summed E-state index contributed by atoms with van der Waals surface area (Å²) < 4.78 is 0. The third-order valence-corrected chi connectivity index (χ3v) is 1.25. The molecule has 0 aliphatic carbocycles. The Kier molecular flexibility index (Phi) is 7.41. The molecule has 0 aliphatic rings. The molecule has 68 valence electrons. The number of carbonyl (C=O) groups excluding carboxylic acids is 1. The van der Waals surface area contributed by atoms with Crippen LogP contribution in [0.25, 0.3) is 0 Å². The van der Waals surface area contributed by atoms with E-state index in [9.17, 15) is 4.79 Å². The van der Waals surface area contributed by atoms with Crippen molar-refractivity contribution in [2.24, 2.45) is 0 Å². The molecule has 0 heterocycles. The summed E-state index contributed by atoms with van der Waals surface area (Å²) in [4.78, 5) is 10.8. The molecule has 1 amide bonds. The first kappa shape index (κ1) is 11.0. The van der Waals surface area contributed by atoms with Crippen molar-refractivity contribution >= 4 is 5.91 Å². The van der Waals surface area contributed by atoms with E-state index in [2.05, 4.69) is 29.4 Å². The Morgan fingerprint density at radius 2 is 2.08 bits per heavy atom. The summed E-state index contributed by atoms with van der Waals surface area (Å²) in [7, 11) is 0. The minimum atomic E-state index is -0.198. The molecule has 12 heavy (non-hydrogen) atoms. The van der Waals surface area contributed by atoms with Crippen molar-refractivity contribution in [3.8, 4) is 11.8 Å². The van der Waals surface area contributed by atoms with Gasteiger partial charge in [0.15, 0.2) is 0 Å². The lowest BCUT2D eigenvalue weighted by atomic mass is 10.4. The normalized spacial score (nSPS) is 8.50. The molecule has 0 atom stereocenters. The maximum absolute atomic E-state index is 10.8. The van der Waals surface area contributed by atoms with Gasteiger partial charge in [0.1, 0.15) is 0 Å². The van der Waals surface area contributed by atoms with Gasteiger partial charge in [-0.25, -0.2) is 0 Å². The van der Waals surface area contributed by atoms with Gasteiger partial charge in [-0.05, 0) is 25.8 Å². The number of rotatable bonds is 5. The Hall–Kier alpha value is -1.01. The second-order valence-electron chi connectivity index (χ2n) is 2.38. The molecule has 3 heteroatoms. The molecule has 0 radical (unpaired) electrons. The smallest absolute Gasteiger partial charge is 0.295 e. The van der Waals surface area contributed by atoms with Gasteiger partial charge in [0.25, 0.3) is 5.91 Å². The molecule has 2 N–H and O–H groups in total. The average Bonchev–Trinajstić information content (AvgIpc) is 2.05. The summed E-state index contributed by atoms with van der Waals surface area (Å²) in [5.74, 6) is 4.75. The zero-order chi connectivity index (χ0) is 9.23. The molecule has 0 aromatic heterocycles. The molecular weight excluding hydrogens is 152 g/mol. The molecule has 0 aromatic rings. The van der Waals surface area contributed by atoms with E-state index in [1.807, 2.05) is 0 Å². The fourth-order valence-corrected chi connectivity index (χ4v) is 0.724. The summed E-state index contributed by atoms with van der Waals surface area (Å²) >= 11 is 0. The van der Waals surface area contributed by atoms with Crippen molar-refractivity contribution in [1.29, 1.82) is 0 Å². The summed E-state index contributed by atoms with van der Waals surface area (Å²) in [6.07, 6.45) is 1.11. The zero-order valence-electron chi connectivity index (χ0n) is 7.74. The monoisotopic (exact) mass is 168 g/mol. The third-order valence-electron chi connectivity index (χ3n) is 1.25. The lowest BCUT2D eigenvalue weighted by molar-refractivity contribution is -0.115. The quantitative estimate of drug-likeness (QED) is 0.452. The second kappa shape index (κ2) is 8.09. The van der Waals surface area contributed by atoms with Crippen molar-refractivity contribution < 1.29 is 4.79 Å². The van der Waals surface area contributed by atoms with Crippen LogP contribution in [0.4, 0.5) is 0 Å². The third kappa shape index (κ3) is 7.10. The highest BCUT2D eigenvalue weighted by Gasteiger charge is 1.91. The molecule has 0 spiro atoms. The van der Waals surface area contributed by atoms with Crippen molar-refractivity contribution in [2.75, 3.05) is 19.6 Å². The van der Waals surface area contributed by atoms with Gasteiger partial charge in [0, 0.05) is 13.1 Å². The highest BCUT2D eigenvalue weighted by Crippen LogP contribution is 1.68. The van der Waals surface area contributed by atoms with Crippen LogP contribution in [-0.2, 0) is 4.79 Å². The van der Waals surface area contributed by atoms with Gasteiger partial charge < -0.3 is 10.6 Å². The summed E-state index contributed by atoms with van der Waals surface area (Å²) in [5.41, 5.74) is 0. The SMILES string of the molecule is CC#CC(=O)NCCNCCC. The van der Waals surface area contributed by atoms with E-state index in [0.29, 0.717) is 6.54 Å². The largest absolute Gasteiger partial charge is 0.344 e. The number of hydrogen-bond donors (Lipinski definition) is 2. The number of nitrogens with one attached hydrogen (secondary N) is 2. The predicted molar refractivity (Wildman–Crippen MR) is 49.6 cm³/mol. The molecule has 0 unspecified atom stereocenters. The van der Waals surface area contributed by atoms with Crippen LogP contribution in [0.3, 0.4) is 0 Å². The highest BCUT2D eigenvalue weighted by atomic mass is 16.1. The molecule has 0 saturated heterocycles. The molecule has 0 aliphatic heterocycles. The maximum atomic E-state index is 10.8. The first-order chi connectivity index (χ1) is 5.81. The van der Waals surface area contributed by atoms with Crippen molar-refractivity contribution in [1.82, 2.24) is 10.6 Å².